The Balaban J connectivity index is 1.42. The van der Waals surface area contributed by atoms with Crippen molar-refractivity contribution in [2.75, 3.05) is 19.5 Å². The van der Waals surface area contributed by atoms with E-state index < -0.39 is 5.97 Å². The third-order valence-electron chi connectivity index (χ3n) is 5.56. The molecule has 0 unspecified atom stereocenters. The van der Waals surface area contributed by atoms with Gasteiger partial charge >= 0.3 is 5.97 Å². The van der Waals surface area contributed by atoms with Crippen molar-refractivity contribution in [2.24, 2.45) is 0 Å². The Morgan fingerprint density at radius 2 is 1.88 bits per heavy atom. The third kappa shape index (κ3) is 5.04. The van der Waals surface area contributed by atoms with Crippen LogP contribution in [0.5, 0.6) is 11.5 Å². The first-order chi connectivity index (χ1) is 15.9. The molecule has 1 aromatic heterocycles. The number of thioether (sulfide) groups is 1. The summed E-state index contributed by atoms with van der Waals surface area (Å²) in [4.78, 5) is 26.2. The van der Waals surface area contributed by atoms with Crippen molar-refractivity contribution in [2.45, 2.75) is 31.4 Å². The average Bonchev–Trinajstić information content (AvgIpc) is 3.11. The third-order valence-corrected chi connectivity index (χ3v) is 6.61. The number of halogens is 1. The first-order valence-corrected chi connectivity index (χ1v) is 12.1. The fraction of sp³-hybridized carbons (Fsp3) is 0.280. The number of rotatable bonds is 7. The Morgan fingerprint density at radius 3 is 2.64 bits per heavy atom. The molecule has 0 amide bonds. The normalized spacial score (nSPS) is 14.7. The van der Waals surface area contributed by atoms with Crippen LogP contribution in [0, 0.1) is 13.8 Å². The molecule has 172 valence electrons. The van der Waals surface area contributed by atoms with Gasteiger partial charge in [-0.25, -0.2) is 4.79 Å². The zero-order chi connectivity index (χ0) is 23.5. The molecule has 1 atom stereocenters. The number of para-hydroxylation sites is 2. The molecule has 4 rings (SSSR count). The molecular formula is C25H24ClNO5S. The molecule has 0 saturated heterocycles. The van der Waals surface area contributed by atoms with Crippen LogP contribution in [0.3, 0.4) is 0 Å². The summed E-state index contributed by atoms with van der Waals surface area (Å²) in [7, 11) is 0. The summed E-state index contributed by atoms with van der Waals surface area (Å²) in [5.41, 5.74) is 2.47. The maximum absolute atomic E-state index is 12.8. The number of nitrogens with zero attached hydrogens (tertiary/aromatic N) is 1. The first kappa shape index (κ1) is 23.3. The highest BCUT2D eigenvalue weighted by Gasteiger charge is 2.24. The van der Waals surface area contributed by atoms with Crippen LogP contribution in [-0.2, 0) is 11.3 Å². The molecule has 0 spiro atoms. The predicted molar refractivity (Wildman–Crippen MR) is 128 cm³/mol. The van der Waals surface area contributed by atoms with Gasteiger partial charge in [0.1, 0.15) is 6.61 Å². The van der Waals surface area contributed by atoms with Gasteiger partial charge in [-0.2, -0.15) is 0 Å². The summed E-state index contributed by atoms with van der Waals surface area (Å²) < 4.78 is 19.2. The number of ketones is 1. The van der Waals surface area contributed by atoms with E-state index in [1.807, 2.05) is 61.1 Å². The second-order valence-corrected chi connectivity index (χ2v) is 9.02. The van der Waals surface area contributed by atoms with Crippen molar-refractivity contribution < 1.29 is 23.8 Å². The monoisotopic (exact) mass is 485 g/mol. The number of Topliss-reactive ketones (excluding diaryl/α,β-unsaturated/α-hetero) is 1. The summed E-state index contributed by atoms with van der Waals surface area (Å²) in [6, 6.07) is 14.5. The zero-order valence-electron chi connectivity index (χ0n) is 18.6. The van der Waals surface area contributed by atoms with Crippen LogP contribution in [0.25, 0.3) is 0 Å². The van der Waals surface area contributed by atoms with E-state index >= 15 is 0 Å². The number of hydrogen-bond donors (Lipinski definition) is 0. The van der Waals surface area contributed by atoms with Gasteiger partial charge in [-0.15, -0.1) is 11.8 Å². The van der Waals surface area contributed by atoms with Gasteiger partial charge in [-0.3, -0.25) is 4.79 Å². The number of carbonyl (C=O) groups is 2. The summed E-state index contributed by atoms with van der Waals surface area (Å²) in [5, 5.41) is 0.291. The molecule has 0 fully saturated rings. The minimum atomic E-state index is -0.621. The van der Waals surface area contributed by atoms with Crippen LogP contribution < -0.4 is 9.47 Å². The van der Waals surface area contributed by atoms with E-state index in [4.69, 9.17) is 25.8 Å². The maximum Gasteiger partial charge on any atom is 0.340 e. The molecule has 1 aliphatic heterocycles. The maximum atomic E-state index is 12.8. The molecular weight excluding hydrogens is 462 g/mol. The number of carbonyl (C=O) groups excluding carboxylic acids is 2. The van der Waals surface area contributed by atoms with Gasteiger partial charge in [-0.1, -0.05) is 23.7 Å². The van der Waals surface area contributed by atoms with E-state index in [9.17, 15) is 9.59 Å². The van der Waals surface area contributed by atoms with Crippen molar-refractivity contribution in [3.63, 3.8) is 0 Å². The van der Waals surface area contributed by atoms with Crippen LogP contribution in [0.4, 0.5) is 0 Å². The Hall–Kier alpha value is -2.90. The van der Waals surface area contributed by atoms with E-state index in [1.165, 1.54) is 11.8 Å². The van der Waals surface area contributed by atoms with Crippen molar-refractivity contribution in [3.05, 3.63) is 76.1 Å². The largest absolute Gasteiger partial charge is 0.486 e. The Bertz CT molecular complexity index is 1210. The second-order valence-electron chi connectivity index (χ2n) is 7.74. The molecule has 8 heteroatoms. The number of fused-ring (bicyclic) bond motifs is 1. The lowest BCUT2D eigenvalue weighted by atomic mass is 10.1. The quantitative estimate of drug-likeness (QED) is 0.255. The van der Waals surface area contributed by atoms with Gasteiger partial charge in [0, 0.05) is 21.8 Å². The molecule has 0 N–H and O–H groups in total. The number of hydrogen-bond acceptors (Lipinski definition) is 6. The van der Waals surface area contributed by atoms with Crippen LogP contribution >= 0.6 is 23.4 Å². The predicted octanol–water partition coefficient (Wildman–Crippen LogP) is 5.36. The Morgan fingerprint density at radius 1 is 1.12 bits per heavy atom. The van der Waals surface area contributed by atoms with Crippen molar-refractivity contribution in [1.29, 1.82) is 0 Å². The Labute approximate surface area is 201 Å². The summed E-state index contributed by atoms with van der Waals surface area (Å²) >= 11 is 7.63. The lowest BCUT2D eigenvalue weighted by molar-refractivity contribution is 0.0474. The van der Waals surface area contributed by atoms with Gasteiger partial charge in [0.15, 0.2) is 24.2 Å². The molecule has 0 bridgehead atoms. The van der Waals surface area contributed by atoms with Gasteiger partial charge in [0.25, 0.3) is 0 Å². The zero-order valence-corrected chi connectivity index (χ0v) is 20.2. The molecule has 6 nitrogen and oxygen atoms in total. The molecule has 0 saturated carbocycles. The topological polar surface area (TPSA) is 66.8 Å². The molecule has 0 aliphatic carbocycles. The van der Waals surface area contributed by atoms with Crippen LogP contribution in [0.1, 0.15) is 32.1 Å². The highest BCUT2D eigenvalue weighted by Crippen LogP contribution is 2.31. The number of benzene rings is 2. The highest BCUT2D eigenvalue weighted by atomic mass is 35.5. The van der Waals surface area contributed by atoms with E-state index in [-0.39, 0.29) is 24.1 Å². The summed E-state index contributed by atoms with van der Waals surface area (Å²) in [6.45, 7) is 4.40. The van der Waals surface area contributed by atoms with E-state index in [2.05, 4.69) is 0 Å². The highest BCUT2D eigenvalue weighted by molar-refractivity contribution is 7.98. The van der Waals surface area contributed by atoms with Crippen LogP contribution in [0.2, 0.25) is 5.02 Å². The van der Waals surface area contributed by atoms with Crippen LogP contribution in [-0.4, -0.2) is 41.9 Å². The number of esters is 1. The standard InChI is InChI=1S/C25H24ClNO5S/c1-15-10-19(22(28)14-31-25(29)20-11-18(33-3)8-9-21(20)26)16(2)27(15)12-17-13-30-23-6-4-5-7-24(23)32-17/h4-11,17H,12-14H2,1-3H3/t17-/m0/s1. The fourth-order valence-electron chi connectivity index (χ4n) is 3.80. The second kappa shape index (κ2) is 9.93. The van der Waals surface area contributed by atoms with Gasteiger partial charge in [0.2, 0.25) is 5.78 Å². The number of aryl methyl sites for hydroxylation is 1. The number of aromatic nitrogens is 1. The SMILES string of the molecule is CSc1ccc(Cl)c(C(=O)OCC(=O)c2cc(C)n(C[C@H]3COc4ccccc4O3)c2C)c1. The van der Waals surface area contributed by atoms with E-state index in [0.717, 1.165) is 22.0 Å². The number of ether oxygens (including phenoxy) is 3. The summed E-state index contributed by atoms with van der Waals surface area (Å²) in [5.74, 6) is 0.551. The van der Waals surface area contributed by atoms with E-state index in [0.29, 0.717) is 29.5 Å². The minimum absolute atomic E-state index is 0.184. The van der Waals surface area contributed by atoms with Gasteiger partial charge < -0.3 is 18.8 Å². The molecule has 0 radical (unpaired) electrons. The minimum Gasteiger partial charge on any atom is -0.486 e. The van der Waals surface area contributed by atoms with Gasteiger partial charge in [-0.05, 0) is 56.5 Å². The molecule has 3 aromatic rings. The average molecular weight is 486 g/mol. The molecule has 2 heterocycles. The lowest BCUT2D eigenvalue weighted by Crippen LogP contribution is -2.33. The van der Waals surface area contributed by atoms with Gasteiger partial charge in [0.05, 0.1) is 17.1 Å². The molecule has 1 aliphatic rings. The first-order valence-electron chi connectivity index (χ1n) is 10.5. The van der Waals surface area contributed by atoms with Crippen LogP contribution in [0.15, 0.2) is 53.4 Å². The molecule has 2 aromatic carbocycles. The smallest absolute Gasteiger partial charge is 0.340 e. The lowest BCUT2D eigenvalue weighted by Gasteiger charge is -2.27. The Kier molecular flexibility index (Phi) is 7.00. The molecule has 33 heavy (non-hydrogen) atoms. The van der Waals surface area contributed by atoms with E-state index in [1.54, 1.807) is 12.1 Å². The van der Waals surface area contributed by atoms with Crippen molar-refractivity contribution in [1.82, 2.24) is 4.57 Å². The fourth-order valence-corrected chi connectivity index (χ4v) is 4.43. The van der Waals surface area contributed by atoms with Crippen molar-refractivity contribution >= 4 is 35.1 Å². The summed E-state index contributed by atoms with van der Waals surface area (Å²) in [6.07, 6.45) is 1.72. The van der Waals surface area contributed by atoms with Crippen molar-refractivity contribution in [3.8, 4) is 11.5 Å².